The Bertz CT molecular complexity index is 464. The van der Waals surface area contributed by atoms with Crippen molar-refractivity contribution in [3.63, 3.8) is 0 Å². The third-order valence-electron chi connectivity index (χ3n) is 2.47. The summed E-state index contributed by atoms with van der Waals surface area (Å²) < 4.78 is 9.93. The van der Waals surface area contributed by atoms with Crippen molar-refractivity contribution in [3.05, 3.63) is 24.0 Å². The van der Waals surface area contributed by atoms with E-state index in [0.29, 0.717) is 0 Å². The quantitative estimate of drug-likeness (QED) is 0.674. The van der Waals surface area contributed by atoms with Crippen LogP contribution < -0.4 is 10.6 Å². The lowest BCUT2D eigenvalue weighted by Gasteiger charge is -2.32. The molecule has 0 fully saturated rings. The Morgan fingerprint density at radius 3 is 2.67 bits per heavy atom. The molecule has 0 radical (unpaired) electrons. The maximum Gasteiger partial charge on any atom is 0.412 e. The maximum atomic E-state index is 11.8. The molecule has 7 nitrogen and oxygen atoms in total. The van der Waals surface area contributed by atoms with Gasteiger partial charge in [0, 0.05) is 0 Å². The monoisotopic (exact) mass is 298 g/mol. The van der Waals surface area contributed by atoms with Gasteiger partial charge in [0.1, 0.15) is 5.60 Å². The normalized spacial score (nSPS) is 21.1. The predicted molar refractivity (Wildman–Crippen MR) is 75.9 cm³/mol. The Balaban J connectivity index is 2.77. The highest BCUT2D eigenvalue weighted by Gasteiger charge is 2.37. The fraction of sp³-hybridized carbons (Fsp3) is 0.571. The summed E-state index contributed by atoms with van der Waals surface area (Å²) in [5.74, 6) is -0.584. The average Bonchev–Trinajstić information content (AvgIpc) is 2.30. The van der Waals surface area contributed by atoms with E-state index in [0.717, 1.165) is 0 Å². The van der Waals surface area contributed by atoms with Gasteiger partial charge in [-0.1, -0.05) is 0 Å². The third kappa shape index (κ3) is 5.47. The minimum absolute atomic E-state index is 0.118. The molecule has 21 heavy (non-hydrogen) atoms. The first-order valence-corrected chi connectivity index (χ1v) is 6.69. The van der Waals surface area contributed by atoms with Gasteiger partial charge >= 0.3 is 12.1 Å². The van der Waals surface area contributed by atoms with Crippen LogP contribution in [0.15, 0.2) is 24.0 Å². The van der Waals surface area contributed by atoms with Crippen molar-refractivity contribution in [1.82, 2.24) is 10.6 Å². The molecule has 1 amide bonds. The number of dihydropyridines is 1. The summed E-state index contributed by atoms with van der Waals surface area (Å²) in [4.78, 5) is 23.3. The second-order valence-electron chi connectivity index (χ2n) is 5.55. The standard InChI is InChI=1S/C14H22N2O5/c1-5-20-11(17)9-14(19)10(7-6-8-15-14)16-12(18)21-13(2,3)4/h6-8,15,19H,5,9H2,1-4H3,(H,16,18). The molecule has 0 saturated carbocycles. The second kappa shape index (κ2) is 6.62. The van der Waals surface area contributed by atoms with Crippen molar-refractivity contribution in [2.75, 3.05) is 6.61 Å². The first kappa shape index (κ1) is 17.0. The summed E-state index contributed by atoms with van der Waals surface area (Å²) in [6.45, 7) is 7.07. The van der Waals surface area contributed by atoms with Crippen LogP contribution in [0.1, 0.15) is 34.1 Å². The summed E-state index contributed by atoms with van der Waals surface area (Å²) in [7, 11) is 0. The van der Waals surface area contributed by atoms with E-state index in [4.69, 9.17) is 9.47 Å². The van der Waals surface area contributed by atoms with Gasteiger partial charge in [0.2, 0.25) is 0 Å². The third-order valence-corrected chi connectivity index (χ3v) is 2.47. The molecule has 1 aliphatic rings. The molecule has 1 rings (SSSR count). The Morgan fingerprint density at radius 2 is 2.10 bits per heavy atom. The number of allylic oxidation sites excluding steroid dienone is 2. The van der Waals surface area contributed by atoms with E-state index in [9.17, 15) is 14.7 Å². The molecule has 0 saturated heterocycles. The van der Waals surface area contributed by atoms with Gasteiger partial charge in [-0.15, -0.1) is 0 Å². The van der Waals surface area contributed by atoms with Gasteiger partial charge in [0.15, 0.2) is 5.72 Å². The molecule has 7 heteroatoms. The van der Waals surface area contributed by atoms with E-state index in [1.165, 1.54) is 12.3 Å². The first-order valence-electron chi connectivity index (χ1n) is 6.69. The molecular formula is C14H22N2O5. The number of nitrogens with one attached hydrogen (secondary N) is 2. The van der Waals surface area contributed by atoms with Gasteiger partial charge in [-0.05, 0) is 46.0 Å². The topological polar surface area (TPSA) is 96.9 Å². The van der Waals surface area contributed by atoms with E-state index >= 15 is 0 Å². The molecule has 0 aliphatic carbocycles. The van der Waals surface area contributed by atoms with Gasteiger partial charge in [0.05, 0.1) is 18.7 Å². The van der Waals surface area contributed by atoms with Crippen LogP contribution in [0.2, 0.25) is 0 Å². The second-order valence-corrected chi connectivity index (χ2v) is 5.55. The number of rotatable bonds is 4. The highest BCUT2D eigenvalue weighted by atomic mass is 16.6. The van der Waals surface area contributed by atoms with Crippen molar-refractivity contribution >= 4 is 12.1 Å². The van der Waals surface area contributed by atoms with E-state index in [2.05, 4.69) is 10.6 Å². The lowest BCUT2D eigenvalue weighted by atomic mass is 10.0. The van der Waals surface area contributed by atoms with E-state index < -0.39 is 23.4 Å². The minimum atomic E-state index is -1.74. The fourth-order valence-electron chi connectivity index (χ4n) is 1.67. The fourth-order valence-corrected chi connectivity index (χ4v) is 1.67. The summed E-state index contributed by atoms with van der Waals surface area (Å²) in [5, 5.41) is 15.6. The number of hydrogen-bond donors (Lipinski definition) is 3. The Labute approximate surface area is 124 Å². The number of alkyl carbamates (subject to hydrolysis) is 1. The number of carbonyl (C=O) groups is 2. The molecule has 1 aliphatic heterocycles. The summed E-state index contributed by atoms with van der Waals surface area (Å²) in [6.07, 6.45) is 3.49. The molecule has 0 aromatic carbocycles. The molecule has 0 aromatic rings. The number of hydrogen-bond acceptors (Lipinski definition) is 6. The van der Waals surface area contributed by atoms with Crippen molar-refractivity contribution in [2.45, 2.75) is 45.4 Å². The van der Waals surface area contributed by atoms with Crippen molar-refractivity contribution in [2.24, 2.45) is 0 Å². The van der Waals surface area contributed by atoms with E-state index in [1.54, 1.807) is 33.8 Å². The van der Waals surface area contributed by atoms with Gasteiger partial charge in [0.25, 0.3) is 0 Å². The van der Waals surface area contributed by atoms with Gasteiger partial charge in [-0.25, -0.2) is 4.79 Å². The van der Waals surface area contributed by atoms with Crippen LogP contribution >= 0.6 is 0 Å². The Kier molecular flexibility index (Phi) is 5.37. The van der Waals surface area contributed by atoms with Crippen LogP contribution in [0.5, 0.6) is 0 Å². The Hall–Kier alpha value is -2.02. The molecule has 1 atom stereocenters. The molecule has 3 N–H and O–H groups in total. The molecule has 0 spiro atoms. The van der Waals surface area contributed by atoms with Crippen LogP contribution in [-0.4, -0.2) is 35.1 Å². The molecular weight excluding hydrogens is 276 g/mol. The number of esters is 1. The number of amides is 1. The number of aliphatic hydroxyl groups is 1. The number of carbonyl (C=O) groups excluding carboxylic acids is 2. The van der Waals surface area contributed by atoms with Gasteiger partial charge in [-0.3, -0.25) is 10.1 Å². The highest BCUT2D eigenvalue weighted by molar-refractivity contribution is 5.74. The minimum Gasteiger partial charge on any atom is -0.466 e. The highest BCUT2D eigenvalue weighted by Crippen LogP contribution is 2.20. The first-order chi connectivity index (χ1) is 9.66. The summed E-state index contributed by atoms with van der Waals surface area (Å²) in [6, 6.07) is 0. The van der Waals surface area contributed by atoms with Crippen molar-refractivity contribution < 1.29 is 24.2 Å². The SMILES string of the molecule is CCOC(=O)CC1(O)NC=CC=C1NC(=O)OC(C)(C)C. The number of ether oxygens (including phenoxy) is 2. The molecule has 118 valence electrons. The zero-order chi connectivity index (χ0) is 16.1. The largest absolute Gasteiger partial charge is 0.466 e. The lowest BCUT2D eigenvalue weighted by molar-refractivity contribution is -0.148. The molecule has 0 bridgehead atoms. The van der Waals surface area contributed by atoms with Crippen LogP contribution in [0.4, 0.5) is 4.79 Å². The van der Waals surface area contributed by atoms with Crippen LogP contribution in [0, 0.1) is 0 Å². The summed E-state index contributed by atoms with van der Waals surface area (Å²) in [5.41, 5.74) is -2.29. The van der Waals surface area contributed by atoms with E-state index in [-0.39, 0.29) is 18.7 Å². The van der Waals surface area contributed by atoms with Gasteiger partial charge in [-0.2, -0.15) is 0 Å². The average molecular weight is 298 g/mol. The van der Waals surface area contributed by atoms with Crippen LogP contribution in [-0.2, 0) is 14.3 Å². The zero-order valence-electron chi connectivity index (χ0n) is 12.7. The van der Waals surface area contributed by atoms with Gasteiger partial charge < -0.3 is 19.9 Å². The lowest BCUT2D eigenvalue weighted by Crippen LogP contribution is -2.52. The molecule has 1 heterocycles. The molecule has 1 unspecified atom stereocenters. The van der Waals surface area contributed by atoms with Crippen LogP contribution in [0.3, 0.4) is 0 Å². The molecule has 0 aromatic heterocycles. The summed E-state index contributed by atoms with van der Waals surface area (Å²) >= 11 is 0. The van der Waals surface area contributed by atoms with E-state index in [1.807, 2.05) is 0 Å². The van der Waals surface area contributed by atoms with Crippen molar-refractivity contribution in [1.29, 1.82) is 0 Å². The zero-order valence-corrected chi connectivity index (χ0v) is 12.7. The maximum absolute atomic E-state index is 11.8. The van der Waals surface area contributed by atoms with Crippen molar-refractivity contribution in [3.8, 4) is 0 Å². The predicted octanol–water partition coefficient (Wildman–Crippen LogP) is 1.15. The van der Waals surface area contributed by atoms with Crippen LogP contribution in [0.25, 0.3) is 0 Å². The smallest absolute Gasteiger partial charge is 0.412 e. The Morgan fingerprint density at radius 1 is 1.43 bits per heavy atom.